The Balaban J connectivity index is 1.53. The highest BCUT2D eigenvalue weighted by molar-refractivity contribution is 5.95. The first-order valence-electron chi connectivity index (χ1n) is 9.14. The fourth-order valence-corrected chi connectivity index (χ4v) is 3.64. The molecule has 0 aliphatic heterocycles. The molecule has 1 aliphatic carbocycles. The van der Waals surface area contributed by atoms with Crippen LogP contribution >= 0.6 is 0 Å². The van der Waals surface area contributed by atoms with Gasteiger partial charge < -0.3 is 21.0 Å². The van der Waals surface area contributed by atoms with E-state index in [9.17, 15) is 0 Å². The third kappa shape index (κ3) is 2.63. The number of hydrogen-bond acceptors (Lipinski definition) is 4. The second-order valence-electron chi connectivity index (χ2n) is 7.23. The maximum atomic E-state index is 6.00. The molecule has 0 saturated heterocycles. The molecule has 3 heterocycles. The average molecular weight is 346 g/mol. The number of nitrogens with zero attached hydrogens (tertiary/aromatic N) is 2. The molecular weight excluding hydrogens is 324 g/mol. The van der Waals surface area contributed by atoms with Gasteiger partial charge in [-0.15, -0.1) is 0 Å². The molecule has 0 amide bonds. The Morgan fingerprint density at radius 1 is 1.15 bits per heavy atom. The molecule has 26 heavy (non-hydrogen) atoms. The molecule has 1 aliphatic rings. The summed E-state index contributed by atoms with van der Waals surface area (Å²) in [6, 6.07) is 11.3. The fraction of sp³-hybridized carbons (Fsp3) is 0.300. The average Bonchev–Trinajstić information content (AvgIpc) is 3.14. The van der Waals surface area contributed by atoms with E-state index in [1.165, 1.54) is 30.2 Å². The number of pyridine rings is 1. The van der Waals surface area contributed by atoms with Gasteiger partial charge in [0, 0.05) is 34.7 Å². The lowest BCUT2D eigenvalue weighted by molar-refractivity contribution is 0.338. The van der Waals surface area contributed by atoms with Crippen LogP contribution in [0.2, 0.25) is 0 Å². The van der Waals surface area contributed by atoms with Crippen LogP contribution in [0.15, 0.2) is 30.3 Å². The Labute approximate surface area is 151 Å². The van der Waals surface area contributed by atoms with Gasteiger partial charge in [-0.25, -0.2) is 9.97 Å². The highest BCUT2D eigenvalue weighted by atomic mass is 15.0. The minimum atomic E-state index is 0.486. The number of fused-ring (bicyclic) bond motifs is 2. The van der Waals surface area contributed by atoms with Crippen LogP contribution in [0.3, 0.4) is 0 Å². The number of aryl methyl sites for hydroxylation is 1. The topological polar surface area (TPSA) is 95.4 Å². The standard InChI is InChI=1S/C20H22N6/c1-11-23-19-15(9-18(21)26-20(19)24-11)17-8-13-7-12(5-6-16(13)25-17)10-22-14-3-2-4-14/h5-9,14,22,25H,2-4,10H2,1H3,(H3,21,23,24,26). The van der Waals surface area contributed by atoms with Gasteiger partial charge in [-0.2, -0.15) is 0 Å². The summed E-state index contributed by atoms with van der Waals surface area (Å²) in [5.74, 6) is 1.32. The summed E-state index contributed by atoms with van der Waals surface area (Å²) in [4.78, 5) is 15.6. The maximum Gasteiger partial charge on any atom is 0.160 e. The molecule has 5 N–H and O–H groups in total. The predicted octanol–water partition coefficient (Wildman–Crippen LogP) is 3.64. The van der Waals surface area contributed by atoms with E-state index in [1.54, 1.807) is 0 Å². The van der Waals surface area contributed by atoms with Crippen molar-refractivity contribution in [3.05, 3.63) is 41.7 Å². The lowest BCUT2D eigenvalue weighted by atomic mass is 9.93. The molecule has 1 fully saturated rings. The van der Waals surface area contributed by atoms with Gasteiger partial charge in [-0.3, -0.25) is 0 Å². The van der Waals surface area contributed by atoms with Crippen molar-refractivity contribution in [2.24, 2.45) is 0 Å². The number of imidazole rings is 1. The van der Waals surface area contributed by atoms with Crippen LogP contribution in [0.5, 0.6) is 0 Å². The van der Waals surface area contributed by atoms with Gasteiger partial charge in [-0.05, 0) is 49.6 Å². The SMILES string of the molecule is Cc1nc2c(-c3cc4cc(CNC5CCC5)ccc4[nH]3)cc(N)nc2[nH]1. The minimum Gasteiger partial charge on any atom is -0.384 e. The number of hydrogen-bond donors (Lipinski definition) is 4. The van der Waals surface area contributed by atoms with Gasteiger partial charge in [-0.1, -0.05) is 12.5 Å². The van der Waals surface area contributed by atoms with Crippen molar-refractivity contribution < 1.29 is 0 Å². The van der Waals surface area contributed by atoms with Crippen LogP contribution in [-0.4, -0.2) is 26.0 Å². The van der Waals surface area contributed by atoms with Crippen LogP contribution in [0.25, 0.3) is 33.3 Å². The second-order valence-corrected chi connectivity index (χ2v) is 7.23. The molecule has 132 valence electrons. The lowest BCUT2D eigenvalue weighted by Crippen LogP contribution is -2.34. The Morgan fingerprint density at radius 2 is 2.04 bits per heavy atom. The van der Waals surface area contributed by atoms with Crippen LogP contribution in [0, 0.1) is 6.92 Å². The Bertz CT molecular complexity index is 1100. The van der Waals surface area contributed by atoms with Gasteiger partial charge in [0.05, 0.1) is 0 Å². The summed E-state index contributed by atoms with van der Waals surface area (Å²) in [6.45, 7) is 2.85. The number of anilines is 1. The fourth-order valence-electron chi connectivity index (χ4n) is 3.64. The van der Waals surface area contributed by atoms with E-state index in [1.807, 2.05) is 13.0 Å². The molecule has 4 aromatic rings. The molecule has 6 heteroatoms. The first-order valence-corrected chi connectivity index (χ1v) is 9.14. The van der Waals surface area contributed by atoms with E-state index in [0.29, 0.717) is 11.9 Å². The van der Waals surface area contributed by atoms with Crippen molar-refractivity contribution in [2.75, 3.05) is 5.73 Å². The number of benzene rings is 1. The van der Waals surface area contributed by atoms with Crippen molar-refractivity contribution >= 4 is 27.9 Å². The number of nitrogens with two attached hydrogens (primary N) is 1. The van der Waals surface area contributed by atoms with E-state index in [2.05, 4.69) is 49.5 Å². The summed E-state index contributed by atoms with van der Waals surface area (Å²) in [7, 11) is 0. The number of nitrogen functional groups attached to an aromatic ring is 1. The first-order chi connectivity index (χ1) is 12.7. The van der Waals surface area contributed by atoms with E-state index < -0.39 is 0 Å². The van der Waals surface area contributed by atoms with Crippen molar-refractivity contribution in [3.8, 4) is 11.3 Å². The molecule has 0 radical (unpaired) electrons. The van der Waals surface area contributed by atoms with Gasteiger partial charge in [0.15, 0.2) is 5.65 Å². The van der Waals surface area contributed by atoms with Crippen LogP contribution in [0.4, 0.5) is 5.82 Å². The Morgan fingerprint density at radius 3 is 2.85 bits per heavy atom. The number of aromatic nitrogens is 4. The molecule has 6 nitrogen and oxygen atoms in total. The second kappa shape index (κ2) is 5.85. The number of nitrogens with one attached hydrogen (secondary N) is 3. The molecule has 0 bridgehead atoms. The Kier molecular flexibility index (Phi) is 3.46. The van der Waals surface area contributed by atoms with Crippen LogP contribution < -0.4 is 11.1 Å². The molecule has 0 unspecified atom stereocenters. The van der Waals surface area contributed by atoms with Gasteiger partial charge >= 0.3 is 0 Å². The zero-order valence-corrected chi connectivity index (χ0v) is 14.8. The number of H-pyrrole nitrogens is 2. The van der Waals surface area contributed by atoms with Crippen LogP contribution in [0.1, 0.15) is 30.7 Å². The maximum absolute atomic E-state index is 6.00. The third-order valence-electron chi connectivity index (χ3n) is 5.27. The minimum absolute atomic E-state index is 0.486. The van der Waals surface area contributed by atoms with Crippen LogP contribution in [-0.2, 0) is 6.54 Å². The molecule has 0 spiro atoms. The summed E-state index contributed by atoms with van der Waals surface area (Å²) in [5.41, 5.74) is 12.0. The zero-order valence-electron chi connectivity index (χ0n) is 14.8. The van der Waals surface area contributed by atoms with E-state index >= 15 is 0 Å². The van der Waals surface area contributed by atoms with E-state index in [0.717, 1.165) is 40.3 Å². The van der Waals surface area contributed by atoms with E-state index in [-0.39, 0.29) is 0 Å². The highest BCUT2D eigenvalue weighted by Crippen LogP contribution is 2.30. The molecule has 0 atom stereocenters. The molecule has 1 saturated carbocycles. The zero-order chi connectivity index (χ0) is 17.7. The quantitative estimate of drug-likeness (QED) is 0.454. The van der Waals surface area contributed by atoms with Crippen molar-refractivity contribution in [3.63, 3.8) is 0 Å². The predicted molar refractivity (Wildman–Crippen MR) is 105 cm³/mol. The summed E-state index contributed by atoms with van der Waals surface area (Å²) < 4.78 is 0. The molecule has 5 rings (SSSR count). The number of aromatic amines is 2. The lowest BCUT2D eigenvalue weighted by Gasteiger charge is -2.26. The smallest absolute Gasteiger partial charge is 0.160 e. The first kappa shape index (κ1) is 15.4. The van der Waals surface area contributed by atoms with Crippen molar-refractivity contribution in [2.45, 2.75) is 38.8 Å². The summed E-state index contributed by atoms with van der Waals surface area (Å²) in [5, 5.41) is 4.82. The Hall–Kier alpha value is -2.86. The monoisotopic (exact) mass is 346 g/mol. The van der Waals surface area contributed by atoms with Gasteiger partial charge in [0.25, 0.3) is 0 Å². The van der Waals surface area contributed by atoms with Crippen molar-refractivity contribution in [1.29, 1.82) is 0 Å². The molecule has 1 aromatic carbocycles. The largest absolute Gasteiger partial charge is 0.384 e. The third-order valence-corrected chi connectivity index (χ3v) is 5.27. The highest BCUT2D eigenvalue weighted by Gasteiger charge is 2.16. The molecular formula is C20H22N6. The summed E-state index contributed by atoms with van der Waals surface area (Å²) in [6.07, 6.45) is 3.96. The van der Waals surface area contributed by atoms with Gasteiger partial charge in [0.2, 0.25) is 0 Å². The number of rotatable bonds is 4. The summed E-state index contributed by atoms with van der Waals surface area (Å²) >= 11 is 0. The van der Waals surface area contributed by atoms with Gasteiger partial charge in [0.1, 0.15) is 17.2 Å². The normalized spacial score (nSPS) is 15.0. The van der Waals surface area contributed by atoms with Crippen molar-refractivity contribution in [1.82, 2.24) is 25.3 Å². The molecule has 3 aromatic heterocycles. The van der Waals surface area contributed by atoms with E-state index in [4.69, 9.17) is 5.73 Å².